The van der Waals surface area contributed by atoms with Crippen molar-refractivity contribution in [1.29, 1.82) is 0 Å². The molecule has 1 amide bonds. The highest BCUT2D eigenvalue weighted by atomic mass is 79.9. The van der Waals surface area contributed by atoms with Crippen molar-refractivity contribution in [2.75, 3.05) is 20.2 Å². The van der Waals surface area contributed by atoms with E-state index in [0.717, 1.165) is 19.4 Å². The SMILES string of the molecule is CC(C)C(Br)C(=O)N(C)CC1CCCO1. The van der Waals surface area contributed by atoms with Crippen LogP contribution in [0.3, 0.4) is 0 Å². The molecule has 1 fully saturated rings. The molecule has 0 aliphatic carbocycles. The van der Waals surface area contributed by atoms with E-state index in [9.17, 15) is 4.79 Å². The Bertz CT molecular complexity index is 215. The summed E-state index contributed by atoms with van der Waals surface area (Å²) in [6.45, 7) is 5.64. The minimum atomic E-state index is -0.0797. The van der Waals surface area contributed by atoms with Gasteiger partial charge in [0.05, 0.1) is 10.9 Å². The molecule has 2 atom stereocenters. The molecule has 1 saturated heterocycles. The summed E-state index contributed by atoms with van der Waals surface area (Å²) in [5.74, 6) is 0.477. The second kappa shape index (κ2) is 5.85. The Morgan fingerprint density at radius 1 is 1.60 bits per heavy atom. The Labute approximate surface area is 100 Å². The molecule has 0 spiro atoms. The Morgan fingerprint density at radius 3 is 2.73 bits per heavy atom. The van der Waals surface area contributed by atoms with E-state index >= 15 is 0 Å². The number of rotatable bonds is 4. The molecule has 4 heteroatoms. The Balaban J connectivity index is 2.38. The van der Waals surface area contributed by atoms with E-state index < -0.39 is 0 Å². The summed E-state index contributed by atoms with van der Waals surface area (Å²) in [6.07, 6.45) is 2.44. The number of carbonyl (C=O) groups is 1. The number of carbonyl (C=O) groups excluding carboxylic acids is 1. The number of hydrogen-bond donors (Lipinski definition) is 0. The van der Waals surface area contributed by atoms with Gasteiger partial charge in [-0.3, -0.25) is 4.79 Å². The van der Waals surface area contributed by atoms with Gasteiger partial charge in [0.15, 0.2) is 0 Å². The number of alkyl halides is 1. The van der Waals surface area contributed by atoms with Crippen LogP contribution in [0.1, 0.15) is 26.7 Å². The Kier molecular flexibility index (Phi) is 5.06. The molecule has 15 heavy (non-hydrogen) atoms. The normalized spacial score (nSPS) is 23.1. The molecule has 3 nitrogen and oxygen atoms in total. The monoisotopic (exact) mass is 277 g/mol. The lowest BCUT2D eigenvalue weighted by Gasteiger charge is -2.24. The van der Waals surface area contributed by atoms with E-state index in [0.29, 0.717) is 12.5 Å². The van der Waals surface area contributed by atoms with Crippen LogP contribution < -0.4 is 0 Å². The molecular formula is C11H20BrNO2. The summed E-state index contributed by atoms with van der Waals surface area (Å²) in [5.41, 5.74) is 0. The fourth-order valence-corrected chi connectivity index (χ4v) is 2.03. The molecule has 0 aromatic heterocycles. The van der Waals surface area contributed by atoms with Gasteiger partial charge in [0.1, 0.15) is 0 Å². The topological polar surface area (TPSA) is 29.5 Å². The zero-order valence-electron chi connectivity index (χ0n) is 9.70. The first kappa shape index (κ1) is 13.0. The fourth-order valence-electron chi connectivity index (χ4n) is 1.68. The first-order valence-electron chi connectivity index (χ1n) is 5.53. The average molecular weight is 278 g/mol. The van der Waals surface area contributed by atoms with Crippen molar-refractivity contribution < 1.29 is 9.53 Å². The molecule has 2 unspecified atom stereocenters. The smallest absolute Gasteiger partial charge is 0.236 e. The third-order valence-electron chi connectivity index (χ3n) is 2.70. The van der Waals surface area contributed by atoms with E-state index in [4.69, 9.17) is 4.74 Å². The van der Waals surface area contributed by atoms with Crippen LogP contribution in [0.25, 0.3) is 0 Å². The van der Waals surface area contributed by atoms with E-state index in [1.54, 1.807) is 4.90 Å². The van der Waals surface area contributed by atoms with Gasteiger partial charge < -0.3 is 9.64 Å². The molecule has 1 aliphatic rings. The van der Waals surface area contributed by atoms with Crippen LogP contribution in [0, 0.1) is 5.92 Å². The fraction of sp³-hybridized carbons (Fsp3) is 0.909. The highest BCUT2D eigenvalue weighted by Gasteiger charge is 2.25. The summed E-state index contributed by atoms with van der Waals surface area (Å²) in [6, 6.07) is 0. The van der Waals surface area contributed by atoms with E-state index in [-0.39, 0.29) is 16.8 Å². The van der Waals surface area contributed by atoms with Gasteiger partial charge in [-0.2, -0.15) is 0 Å². The minimum absolute atomic E-state index is 0.0797. The van der Waals surface area contributed by atoms with Crippen molar-refractivity contribution in [3.8, 4) is 0 Å². The van der Waals surface area contributed by atoms with Crippen LogP contribution in [0.15, 0.2) is 0 Å². The molecule has 0 aromatic rings. The lowest BCUT2D eigenvalue weighted by molar-refractivity contribution is -0.131. The average Bonchev–Trinajstić information content (AvgIpc) is 2.67. The van der Waals surface area contributed by atoms with Gasteiger partial charge >= 0.3 is 0 Å². The standard InChI is InChI=1S/C11H20BrNO2/c1-8(2)10(12)11(14)13(3)7-9-5-4-6-15-9/h8-10H,4-7H2,1-3H3. The summed E-state index contributed by atoms with van der Waals surface area (Å²) in [7, 11) is 1.85. The van der Waals surface area contributed by atoms with Crippen molar-refractivity contribution in [3.63, 3.8) is 0 Å². The molecule has 0 N–H and O–H groups in total. The van der Waals surface area contributed by atoms with Gasteiger partial charge in [0, 0.05) is 20.2 Å². The number of ether oxygens (including phenoxy) is 1. The van der Waals surface area contributed by atoms with Crippen LogP contribution in [0.5, 0.6) is 0 Å². The predicted octanol–water partition coefficient (Wildman–Crippen LogP) is 2.04. The van der Waals surface area contributed by atoms with Gasteiger partial charge in [-0.25, -0.2) is 0 Å². The molecule has 0 radical (unpaired) electrons. The molecule has 88 valence electrons. The number of nitrogens with zero attached hydrogens (tertiary/aromatic N) is 1. The highest BCUT2D eigenvalue weighted by Crippen LogP contribution is 2.17. The summed E-state index contributed by atoms with van der Waals surface area (Å²) in [4.78, 5) is 13.6. The van der Waals surface area contributed by atoms with Crippen molar-refractivity contribution in [1.82, 2.24) is 4.90 Å². The second-order valence-corrected chi connectivity index (χ2v) is 5.49. The zero-order valence-corrected chi connectivity index (χ0v) is 11.3. The zero-order chi connectivity index (χ0) is 11.4. The van der Waals surface area contributed by atoms with Crippen LogP contribution in [0.2, 0.25) is 0 Å². The van der Waals surface area contributed by atoms with Gasteiger partial charge in [-0.05, 0) is 18.8 Å². The van der Waals surface area contributed by atoms with E-state index in [1.807, 2.05) is 20.9 Å². The highest BCUT2D eigenvalue weighted by molar-refractivity contribution is 9.10. The molecule has 0 bridgehead atoms. The first-order valence-corrected chi connectivity index (χ1v) is 6.44. The van der Waals surface area contributed by atoms with E-state index in [2.05, 4.69) is 15.9 Å². The predicted molar refractivity (Wildman–Crippen MR) is 64.2 cm³/mol. The van der Waals surface area contributed by atoms with Crippen LogP contribution >= 0.6 is 15.9 Å². The number of likely N-dealkylation sites (N-methyl/N-ethyl adjacent to an activating group) is 1. The molecule has 0 aromatic carbocycles. The van der Waals surface area contributed by atoms with Crippen LogP contribution in [-0.4, -0.2) is 41.9 Å². The Hall–Kier alpha value is -0.0900. The van der Waals surface area contributed by atoms with Gasteiger partial charge in [-0.1, -0.05) is 29.8 Å². The number of halogens is 1. The van der Waals surface area contributed by atoms with Gasteiger partial charge in [0.25, 0.3) is 0 Å². The number of hydrogen-bond acceptors (Lipinski definition) is 2. The second-order valence-electron chi connectivity index (χ2n) is 4.50. The minimum Gasteiger partial charge on any atom is -0.376 e. The van der Waals surface area contributed by atoms with Crippen molar-refractivity contribution >= 4 is 21.8 Å². The van der Waals surface area contributed by atoms with Gasteiger partial charge in [0.2, 0.25) is 5.91 Å². The summed E-state index contributed by atoms with van der Waals surface area (Å²) < 4.78 is 5.50. The Morgan fingerprint density at radius 2 is 2.27 bits per heavy atom. The third-order valence-corrected chi connectivity index (χ3v) is 4.15. The quantitative estimate of drug-likeness (QED) is 0.736. The van der Waals surface area contributed by atoms with Crippen LogP contribution in [-0.2, 0) is 9.53 Å². The molecule has 1 rings (SSSR count). The summed E-state index contributed by atoms with van der Waals surface area (Å²) in [5, 5.41) is 0. The lowest BCUT2D eigenvalue weighted by atomic mass is 10.1. The van der Waals surface area contributed by atoms with Gasteiger partial charge in [-0.15, -0.1) is 0 Å². The van der Waals surface area contributed by atoms with Crippen molar-refractivity contribution in [2.24, 2.45) is 5.92 Å². The van der Waals surface area contributed by atoms with Crippen molar-refractivity contribution in [2.45, 2.75) is 37.6 Å². The maximum Gasteiger partial charge on any atom is 0.236 e. The largest absolute Gasteiger partial charge is 0.376 e. The molecule has 1 heterocycles. The maximum absolute atomic E-state index is 11.9. The first-order chi connectivity index (χ1) is 7.02. The van der Waals surface area contributed by atoms with Crippen molar-refractivity contribution in [3.05, 3.63) is 0 Å². The van der Waals surface area contributed by atoms with Crippen LogP contribution in [0.4, 0.5) is 0 Å². The van der Waals surface area contributed by atoms with E-state index in [1.165, 1.54) is 0 Å². The molecule has 0 saturated carbocycles. The lowest BCUT2D eigenvalue weighted by Crippen LogP contribution is -2.40. The third kappa shape index (κ3) is 3.76. The molecule has 1 aliphatic heterocycles. The number of amides is 1. The summed E-state index contributed by atoms with van der Waals surface area (Å²) >= 11 is 3.43. The maximum atomic E-state index is 11.9. The molecular weight excluding hydrogens is 258 g/mol.